The van der Waals surface area contributed by atoms with Crippen molar-refractivity contribution in [1.82, 2.24) is 4.98 Å². The first-order valence-corrected chi connectivity index (χ1v) is 8.75. The normalized spacial score (nSPS) is 10.2. The van der Waals surface area contributed by atoms with Crippen LogP contribution in [0.4, 0.5) is 0 Å². The fraction of sp³-hybridized carbons (Fsp3) is 0.176. The fourth-order valence-electron chi connectivity index (χ4n) is 2.13. The van der Waals surface area contributed by atoms with Gasteiger partial charge in [-0.05, 0) is 30.3 Å². The Morgan fingerprint density at radius 3 is 2.58 bits per heavy atom. The van der Waals surface area contributed by atoms with Crippen LogP contribution >= 0.6 is 40.1 Å². The summed E-state index contributed by atoms with van der Waals surface area (Å²) in [6.07, 6.45) is 0. The van der Waals surface area contributed by atoms with Crippen LogP contribution in [0.3, 0.4) is 0 Å². The molecule has 2 aromatic carbocycles. The van der Waals surface area contributed by atoms with E-state index in [4.69, 9.17) is 9.47 Å². The zero-order valence-corrected chi connectivity index (χ0v) is 16.5. The van der Waals surface area contributed by atoms with Crippen molar-refractivity contribution >= 4 is 56.1 Å². The molecule has 4 nitrogen and oxygen atoms in total. The van der Waals surface area contributed by atoms with E-state index in [0.29, 0.717) is 22.8 Å². The summed E-state index contributed by atoms with van der Waals surface area (Å²) < 4.78 is 12.5. The molecule has 1 heterocycles. The molecule has 0 unspecified atom stereocenters. The molecule has 0 aliphatic heterocycles. The Morgan fingerprint density at radius 1 is 1.12 bits per heavy atom. The Hall–Kier alpha value is -1.57. The zero-order chi connectivity index (χ0) is 16.2. The van der Waals surface area contributed by atoms with E-state index in [2.05, 4.69) is 4.98 Å². The summed E-state index contributed by atoms with van der Waals surface area (Å²) >= 11 is 3.06. The van der Waals surface area contributed by atoms with Gasteiger partial charge in [0.05, 0.1) is 30.2 Å². The van der Waals surface area contributed by atoms with Gasteiger partial charge in [0.15, 0.2) is 21.6 Å². The first-order valence-electron chi connectivity index (χ1n) is 6.95. The lowest BCUT2D eigenvalue weighted by Crippen LogP contribution is -2.03. The summed E-state index contributed by atoms with van der Waals surface area (Å²) in [5, 5.41) is 0. The lowest BCUT2D eigenvalue weighted by atomic mass is 10.1. The molecule has 0 spiro atoms. The Bertz CT molecular complexity index is 818. The summed E-state index contributed by atoms with van der Waals surface area (Å²) in [6, 6.07) is 13.2. The molecular weight excluding hydrogens is 410 g/mol. The molecule has 0 fully saturated rings. The second-order valence-corrected chi connectivity index (χ2v) is 6.98. The molecule has 0 aliphatic rings. The maximum absolute atomic E-state index is 12.4. The summed E-state index contributed by atoms with van der Waals surface area (Å²) in [4.78, 5) is 16.9. The molecule has 0 aliphatic carbocycles. The second kappa shape index (κ2) is 8.50. The van der Waals surface area contributed by atoms with Crippen LogP contribution in [0, 0.1) is 0 Å². The Kier molecular flexibility index (Phi) is 6.65. The molecule has 0 atom stereocenters. The van der Waals surface area contributed by atoms with Crippen LogP contribution in [0.15, 0.2) is 46.8 Å². The largest absolute Gasteiger partial charge is 0.493 e. The van der Waals surface area contributed by atoms with E-state index in [1.807, 2.05) is 24.3 Å². The molecule has 0 radical (unpaired) electrons. The molecular formula is C17H16BrNO3S2. The van der Waals surface area contributed by atoms with E-state index in [9.17, 15) is 4.79 Å². The van der Waals surface area contributed by atoms with E-state index in [1.165, 1.54) is 11.8 Å². The monoisotopic (exact) mass is 425 g/mol. The molecule has 3 rings (SSSR count). The first-order chi connectivity index (χ1) is 11.2. The van der Waals surface area contributed by atoms with Gasteiger partial charge < -0.3 is 9.47 Å². The van der Waals surface area contributed by atoms with Crippen LogP contribution < -0.4 is 9.47 Å². The molecule has 0 saturated heterocycles. The van der Waals surface area contributed by atoms with Gasteiger partial charge in [-0.1, -0.05) is 23.9 Å². The maximum Gasteiger partial charge on any atom is 0.173 e. The van der Waals surface area contributed by atoms with E-state index in [0.717, 1.165) is 14.6 Å². The number of ketones is 1. The summed E-state index contributed by atoms with van der Waals surface area (Å²) in [5.74, 6) is 1.55. The molecule has 126 valence electrons. The highest BCUT2D eigenvalue weighted by atomic mass is 79.9. The standard InChI is InChI=1S/C17H15NO3S2.BrH/c1-20-14-8-7-11(9-15(14)21-2)13(19)10-22-17-18-12-5-3-4-6-16(12)23-17;/h3-9H,10H2,1-2H3;1H. The number of nitrogens with zero attached hydrogens (tertiary/aromatic N) is 1. The number of fused-ring (bicyclic) bond motifs is 1. The average Bonchev–Trinajstić information content (AvgIpc) is 3.01. The van der Waals surface area contributed by atoms with Crippen molar-refractivity contribution < 1.29 is 14.3 Å². The van der Waals surface area contributed by atoms with E-state index in [1.54, 1.807) is 43.8 Å². The predicted octanol–water partition coefficient (Wildman–Crippen LogP) is 4.87. The summed E-state index contributed by atoms with van der Waals surface area (Å²) in [7, 11) is 3.13. The number of methoxy groups -OCH3 is 2. The van der Waals surface area contributed by atoms with Crippen LogP contribution in [-0.4, -0.2) is 30.7 Å². The van der Waals surface area contributed by atoms with Crippen molar-refractivity contribution in [2.24, 2.45) is 0 Å². The van der Waals surface area contributed by atoms with Crippen molar-refractivity contribution in [2.75, 3.05) is 20.0 Å². The van der Waals surface area contributed by atoms with E-state index < -0.39 is 0 Å². The Labute approximate surface area is 159 Å². The van der Waals surface area contributed by atoms with E-state index >= 15 is 0 Å². The number of aromatic nitrogens is 1. The van der Waals surface area contributed by atoms with Crippen molar-refractivity contribution in [3.8, 4) is 11.5 Å². The van der Waals surface area contributed by atoms with Gasteiger partial charge in [-0.2, -0.15) is 0 Å². The molecule has 0 amide bonds. The smallest absolute Gasteiger partial charge is 0.173 e. The molecule has 24 heavy (non-hydrogen) atoms. The molecule has 0 bridgehead atoms. The number of hydrogen-bond acceptors (Lipinski definition) is 6. The fourth-order valence-corrected chi connectivity index (χ4v) is 4.10. The third kappa shape index (κ3) is 4.09. The zero-order valence-electron chi connectivity index (χ0n) is 13.1. The highest BCUT2D eigenvalue weighted by Gasteiger charge is 2.12. The third-order valence-electron chi connectivity index (χ3n) is 3.31. The number of thiazole rings is 1. The number of carbonyl (C=O) groups excluding carboxylic acids is 1. The summed E-state index contributed by atoms with van der Waals surface area (Å²) in [6.45, 7) is 0. The number of hydrogen-bond donors (Lipinski definition) is 0. The predicted molar refractivity (Wildman–Crippen MR) is 105 cm³/mol. The molecule has 1 aromatic heterocycles. The van der Waals surface area contributed by atoms with Gasteiger partial charge in [0, 0.05) is 5.56 Å². The van der Waals surface area contributed by atoms with Crippen LogP contribution in [0.25, 0.3) is 10.2 Å². The number of halogens is 1. The van der Waals surface area contributed by atoms with Gasteiger partial charge >= 0.3 is 0 Å². The van der Waals surface area contributed by atoms with Gasteiger partial charge in [0.25, 0.3) is 0 Å². The number of benzene rings is 2. The average molecular weight is 426 g/mol. The van der Waals surface area contributed by atoms with Gasteiger partial charge in [-0.25, -0.2) is 4.98 Å². The lowest BCUT2D eigenvalue weighted by molar-refractivity contribution is 0.102. The summed E-state index contributed by atoms with van der Waals surface area (Å²) in [5.41, 5.74) is 1.58. The minimum atomic E-state index is 0. The van der Waals surface area contributed by atoms with E-state index in [-0.39, 0.29) is 22.8 Å². The van der Waals surface area contributed by atoms with Crippen LogP contribution in [0.5, 0.6) is 11.5 Å². The number of para-hydroxylation sites is 1. The van der Waals surface area contributed by atoms with Gasteiger partial charge in [-0.15, -0.1) is 28.3 Å². The Morgan fingerprint density at radius 2 is 1.88 bits per heavy atom. The SMILES string of the molecule is Br.COc1ccc(C(=O)CSc2nc3ccccc3s2)cc1OC. The third-order valence-corrected chi connectivity index (χ3v) is 5.49. The van der Waals surface area contributed by atoms with Gasteiger partial charge in [0.1, 0.15) is 0 Å². The number of thioether (sulfide) groups is 1. The number of ether oxygens (including phenoxy) is 2. The van der Waals surface area contributed by atoms with Crippen LogP contribution in [0.1, 0.15) is 10.4 Å². The molecule has 7 heteroatoms. The topological polar surface area (TPSA) is 48.4 Å². The minimum absolute atomic E-state index is 0. The van der Waals surface area contributed by atoms with Gasteiger partial charge in [-0.3, -0.25) is 4.79 Å². The lowest BCUT2D eigenvalue weighted by Gasteiger charge is -2.08. The number of carbonyl (C=O) groups is 1. The van der Waals surface area contributed by atoms with Crippen LogP contribution in [0.2, 0.25) is 0 Å². The highest BCUT2D eigenvalue weighted by Crippen LogP contribution is 2.31. The maximum atomic E-state index is 12.4. The van der Waals surface area contributed by atoms with Crippen molar-refractivity contribution in [3.05, 3.63) is 48.0 Å². The number of Topliss-reactive ketones (excluding diaryl/α,β-unsaturated/α-hetero) is 1. The van der Waals surface area contributed by atoms with Crippen LogP contribution in [-0.2, 0) is 0 Å². The molecule has 0 saturated carbocycles. The van der Waals surface area contributed by atoms with Crippen molar-refractivity contribution in [3.63, 3.8) is 0 Å². The minimum Gasteiger partial charge on any atom is -0.493 e. The highest BCUT2D eigenvalue weighted by molar-refractivity contribution is 8.93. The van der Waals surface area contributed by atoms with Crippen molar-refractivity contribution in [2.45, 2.75) is 4.34 Å². The molecule has 0 N–H and O–H groups in total. The Balaban J connectivity index is 0.00000208. The molecule has 3 aromatic rings. The second-order valence-electron chi connectivity index (χ2n) is 4.73. The van der Waals surface area contributed by atoms with Crippen molar-refractivity contribution in [1.29, 1.82) is 0 Å². The number of rotatable bonds is 6. The first kappa shape index (κ1) is 18.8. The van der Waals surface area contributed by atoms with Gasteiger partial charge in [0.2, 0.25) is 0 Å². The quantitative estimate of drug-likeness (QED) is 0.416.